The van der Waals surface area contributed by atoms with E-state index in [0.717, 1.165) is 6.42 Å². The first-order valence-corrected chi connectivity index (χ1v) is 5.50. The number of carbonyl (C=O) groups is 1. The summed E-state index contributed by atoms with van der Waals surface area (Å²) in [4.78, 5) is 23.4. The van der Waals surface area contributed by atoms with Crippen LogP contribution in [0.1, 0.15) is 23.7 Å². The van der Waals surface area contributed by atoms with Crippen LogP contribution in [0.2, 0.25) is 0 Å². The van der Waals surface area contributed by atoms with Crippen molar-refractivity contribution in [3.63, 3.8) is 0 Å². The number of nitro groups is 1. The summed E-state index contributed by atoms with van der Waals surface area (Å²) in [6, 6.07) is 7.30. The van der Waals surface area contributed by atoms with Crippen molar-refractivity contribution < 1.29 is 9.72 Å². The minimum Gasteiger partial charge on any atom is -0.325 e. The number of nitro benzene ring substituents is 1. The summed E-state index contributed by atoms with van der Waals surface area (Å²) in [7, 11) is 0. The van der Waals surface area contributed by atoms with Gasteiger partial charge in [0, 0.05) is 24.2 Å². The molecule has 0 radical (unpaired) electrons. The smallest absolute Gasteiger partial charge is 0.269 e. The summed E-state index contributed by atoms with van der Waals surface area (Å²) in [5, 5.41) is 19.1. The van der Waals surface area contributed by atoms with E-state index in [4.69, 9.17) is 5.26 Å². The van der Waals surface area contributed by atoms with Gasteiger partial charge in [0.05, 0.1) is 11.0 Å². The van der Waals surface area contributed by atoms with E-state index in [2.05, 4.69) is 0 Å². The molecular formula is C12H13N3O3. The fourth-order valence-electron chi connectivity index (χ4n) is 1.52. The van der Waals surface area contributed by atoms with Crippen LogP contribution in [0.15, 0.2) is 24.3 Å². The van der Waals surface area contributed by atoms with Crippen molar-refractivity contribution >= 4 is 11.6 Å². The Morgan fingerprint density at radius 2 is 2.06 bits per heavy atom. The van der Waals surface area contributed by atoms with Crippen LogP contribution in [0.3, 0.4) is 0 Å². The van der Waals surface area contributed by atoms with Crippen molar-refractivity contribution in [1.29, 1.82) is 5.26 Å². The second-order valence-electron chi connectivity index (χ2n) is 3.69. The third kappa shape index (κ3) is 3.28. The van der Waals surface area contributed by atoms with Gasteiger partial charge in [-0.05, 0) is 18.6 Å². The van der Waals surface area contributed by atoms with E-state index in [-0.39, 0.29) is 18.1 Å². The molecule has 1 amide bonds. The van der Waals surface area contributed by atoms with E-state index in [1.807, 2.05) is 13.0 Å². The maximum absolute atomic E-state index is 12.0. The predicted molar refractivity (Wildman–Crippen MR) is 64.9 cm³/mol. The molecule has 0 aliphatic heterocycles. The topological polar surface area (TPSA) is 87.2 Å². The molecule has 0 spiro atoms. The summed E-state index contributed by atoms with van der Waals surface area (Å²) >= 11 is 0. The lowest BCUT2D eigenvalue weighted by atomic mass is 10.2. The molecule has 0 fully saturated rings. The Balaban J connectivity index is 2.88. The van der Waals surface area contributed by atoms with Gasteiger partial charge < -0.3 is 4.90 Å². The Kier molecular flexibility index (Phi) is 4.81. The van der Waals surface area contributed by atoms with Crippen LogP contribution in [-0.2, 0) is 0 Å². The molecule has 0 unspecified atom stereocenters. The van der Waals surface area contributed by atoms with E-state index in [1.165, 1.54) is 29.2 Å². The Morgan fingerprint density at radius 1 is 1.44 bits per heavy atom. The Hall–Kier alpha value is -2.42. The highest BCUT2D eigenvalue weighted by Crippen LogP contribution is 2.13. The fourth-order valence-corrected chi connectivity index (χ4v) is 1.52. The van der Waals surface area contributed by atoms with Crippen molar-refractivity contribution in [3.8, 4) is 6.07 Å². The number of hydrogen-bond acceptors (Lipinski definition) is 4. The average molecular weight is 247 g/mol. The Labute approximate surface area is 105 Å². The minimum absolute atomic E-state index is 0.0175. The normalized spacial score (nSPS) is 9.56. The number of carbonyl (C=O) groups excluding carboxylic acids is 1. The summed E-state index contributed by atoms with van der Waals surface area (Å²) in [6.45, 7) is 2.42. The van der Waals surface area contributed by atoms with E-state index in [0.29, 0.717) is 12.1 Å². The lowest BCUT2D eigenvalue weighted by Crippen LogP contribution is -2.32. The second-order valence-corrected chi connectivity index (χ2v) is 3.69. The predicted octanol–water partition coefficient (Wildman–Crippen LogP) is 1.97. The molecule has 0 heterocycles. The first-order chi connectivity index (χ1) is 8.60. The number of nitrogens with zero attached hydrogens (tertiary/aromatic N) is 3. The number of rotatable bonds is 5. The van der Waals surface area contributed by atoms with Gasteiger partial charge in [0.25, 0.3) is 11.6 Å². The molecule has 0 atom stereocenters. The van der Waals surface area contributed by atoms with Gasteiger partial charge >= 0.3 is 0 Å². The van der Waals surface area contributed by atoms with E-state index >= 15 is 0 Å². The van der Waals surface area contributed by atoms with Crippen LogP contribution in [-0.4, -0.2) is 28.8 Å². The lowest BCUT2D eigenvalue weighted by Gasteiger charge is -2.18. The summed E-state index contributed by atoms with van der Waals surface area (Å²) in [6.07, 6.45) is 0.750. The zero-order valence-corrected chi connectivity index (χ0v) is 10.00. The van der Waals surface area contributed by atoms with Crippen molar-refractivity contribution in [2.24, 2.45) is 0 Å². The summed E-state index contributed by atoms with van der Waals surface area (Å²) in [5.74, 6) is -0.284. The molecule has 0 aliphatic rings. The van der Waals surface area contributed by atoms with Gasteiger partial charge in [0.1, 0.15) is 6.54 Å². The third-order valence-electron chi connectivity index (χ3n) is 2.37. The van der Waals surface area contributed by atoms with Crippen LogP contribution in [0.4, 0.5) is 5.69 Å². The fraction of sp³-hybridized carbons (Fsp3) is 0.333. The van der Waals surface area contributed by atoms with E-state index in [9.17, 15) is 14.9 Å². The van der Waals surface area contributed by atoms with E-state index in [1.54, 1.807) is 0 Å². The number of amides is 1. The Morgan fingerprint density at radius 3 is 2.50 bits per heavy atom. The van der Waals surface area contributed by atoms with Gasteiger partial charge in [-0.3, -0.25) is 14.9 Å². The maximum Gasteiger partial charge on any atom is 0.269 e. The first kappa shape index (κ1) is 13.6. The lowest BCUT2D eigenvalue weighted by molar-refractivity contribution is -0.384. The highest BCUT2D eigenvalue weighted by atomic mass is 16.6. The minimum atomic E-state index is -0.520. The third-order valence-corrected chi connectivity index (χ3v) is 2.37. The summed E-state index contributed by atoms with van der Waals surface area (Å²) in [5.41, 5.74) is 0.290. The molecule has 0 aliphatic carbocycles. The van der Waals surface area contributed by atoms with Gasteiger partial charge in [0.15, 0.2) is 0 Å². The maximum atomic E-state index is 12.0. The van der Waals surface area contributed by atoms with Gasteiger partial charge in [-0.15, -0.1) is 0 Å². The summed E-state index contributed by atoms with van der Waals surface area (Å²) < 4.78 is 0. The molecule has 1 aromatic rings. The molecule has 6 nitrogen and oxygen atoms in total. The molecule has 0 saturated carbocycles. The van der Waals surface area contributed by atoms with Crippen LogP contribution >= 0.6 is 0 Å². The van der Waals surface area contributed by atoms with Gasteiger partial charge in [-0.1, -0.05) is 6.92 Å². The van der Waals surface area contributed by atoms with Crippen molar-refractivity contribution in [2.75, 3.05) is 13.1 Å². The largest absolute Gasteiger partial charge is 0.325 e. The number of benzene rings is 1. The number of non-ortho nitro benzene ring substituents is 1. The van der Waals surface area contributed by atoms with Crippen LogP contribution in [0.25, 0.3) is 0 Å². The number of hydrogen-bond donors (Lipinski definition) is 0. The molecule has 1 rings (SSSR count). The van der Waals surface area contributed by atoms with E-state index < -0.39 is 4.92 Å². The molecule has 6 heteroatoms. The second kappa shape index (κ2) is 6.35. The molecular weight excluding hydrogens is 234 g/mol. The highest BCUT2D eigenvalue weighted by molar-refractivity contribution is 5.94. The zero-order chi connectivity index (χ0) is 13.5. The van der Waals surface area contributed by atoms with Crippen molar-refractivity contribution in [1.82, 2.24) is 4.90 Å². The highest BCUT2D eigenvalue weighted by Gasteiger charge is 2.15. The van der Waals surface area contributed by atoms with Crippen LogP contribution < -0.4 is 0 Å². The van der Waals surface area contributed by atoms with Gasteiger partial charge in [-0.25, -0.2) is 0 Å². The molecule has 0 bridgehead atoms. The first-order valence-electron chi connectivity index (χ1n) is 5.50. The standard InChI is InChI=1S/C12H13N3O3/c1-2-8-14(9-7-13)12(16)10-3-5-11(6-4-10)15(17)18/h3-6H,2,8-9H2,1H3. The zero-order valence-electron chi connectivity index (χ0n) is 10.00. The number of nitriles is 1. The van der Waals surface area contributed by atoms with Crippen LogP contribution in [0, 0.1) is 21.4 Å². The molecule has 0 aromatic heterocycles. The van der Waals surface area contributed by atoms with Gasteiger partial charge in [0.2, 0.25) is 0 Å². The van der Waals surface area contributed by atoms with Gasteiger partial charge in [-0.2, -0.15) is 5.26 Å². The molecule has 0 N–H and O–H groups in total. The average Bonchev–Trinajstić information content (AvgIpc) is 2.38. The molecule has 94 valence electrons. The molecule has 1 aromatic carbocycles. The molecule has 18 heavy (non-hydrogen) atoms. The molecule has 0 saturated heterocycles. The van der Waals surface area contributed by atoms with Crippen molar-refractivity contribution in [3.05, 3.63) is 39.9 Å². The Bertz CT molecular complexity index is 476. The van der Waals surface area contributed by atoms with Crippen LogP contribution in [0.5, 0.6) is 0 Å². The monoisotopic (exact) mass is 247 g/mol. The quantitative estimate of drug-likeness (QED) is 0.452. The van der Waals surface area contributed by atoms with Crippen molar-refractivity contribution in [2.45, 2.75) is 13.3 Å². The SMILES string of the molecule is CCCN(CC#N)C(=O)c1ccc([N+](=O)[O-])cc1.